The van der Waals surface area contributed by atoms with Gasteiger partial charge in [-0.05, 0) is 31.5 Å². The number of amides is 2. The highest BCUT2D eigenvalue weighted by Gasteiger charge is 2.05. The van der Waals surface area contributed by atoms with Crippen molar-refractivity contribution in [3.05, 3.63) is 23.2 Å². The number of carbonyl (C=O) groups excluding carboxylic acids is 1. The summed E-state index contributed by atoms with van der Waals surface area (Å²) in [5.41, 5.74) is 0.645. The first-order chi connectivity index (χ1) is 8.17. The van der Waals surface area contributed by atoms with E-state index in [2.05, 4.69) is 10.6 Å². The molecule has 0 bridgehead atoms. The van der Waals surface area contributed by atoms with Crippen LogP contribution in [0.15, 0.2) is 18.2 Å². The molecule has 17 heavy (non-hydrogen) atoms. The average Bonchev–Trinajstić information content (AvgIpc) is 2.30. The summed E-state index contributed by atoms with van der Waals surface area (Å²) in [6, 6.07) is 4.92. The van der Waals surface area contributed by atoms with E-state index in [-0.39, 0.29) is 6.03 Å². The highest BCUT2D eigenvalue weighted by molar-refractivity contribution is 6.32. The first-order valence-electron chi connectivity index (χ1n) is 5.64. The largest absolute Gasteiger partial charge is 0.492 e. The maximum absolute atomic E-state index is 11.4. The molecule has 4 nitrogen and oxygen atoms in total. The lowest BCUT2D eigenvalue weighted by Crippen LogP contribution is -2.29. The lowest BCUT2D eigenvalue weighted by atomic mass is 10.3. The zero-order chi connectivity index (χ0) is 12.7. The number of carbonyl (C=O) groups is 1. The summed E-state index contributed by atoms with van der Waals surface area (Å²) in [6.07, 6.45) is 0.900. The number of urea groups is 1. The Labute approximate surface area is 106 Å². The summed E-state index contributed by atoms with van der Waals surface area (Å²) in [6.45, 7) is 5.09. The lowest BCUT2D eigenvalue weighted by Gasteiger charge is -2.09. The standard InChI is InChI=1S/C12H17ClN2O2/c1-3-7-14-12(16)15-9-5-6-11(17-4-2)10(13)8-9/h5-6,8H,3-4,7H2,1-2H3,(H2,14,15,16). The molecule has 1 aromatic rings. The van der Waals surface area contributed by atoms with E-state index in [0.717, 1.165) is 6.42 Å². The molecule has 1 aromatic carbocycles. The third-order valence-corrected chi connectivity index (χ3v) is 2.32. The van der Waals surface area contributed by atoms with Crippen LogP contribution in [-0.2, 0) is 0 Å². The number of rotatable bonds is 5. The molecule has 2 amide bonds. The number of hydrogen-bond acceptors (Lipinski definition) is 2. The maximum atomic E-state index is 11.4. The fraction of sp³-hybridized carbons (Fsp3) is 0.417. The fourth-order valence-corrected chi connectivity index (χ4v) is 1.50. The normalized spacial score (nSPS) is 9.82. The molecule has 2 N–H and O–H groups in total. The topological polar surface area (TPSA) is 50.4 Å². The molecule has 0 aromatic heterocycles. The van der Waals surface area contributed by atoms with Gasteiger partial charge in [-0.25, -0.2) is 4.79 Å². The van der Waals surface area contributed by atoms with E-state index in [1.165, 1.54) is 0 Å². The van der Waals surface area contributed by atoms with E-state index >= 15 is 0 Å². The molecule has 0 radical (unpaired) electrons. The number of ether oxygens (including phenoxy) is 1. The van der Waals surface area contributed by atoms with Crippen LogP contribution in [0.5, 0.6) is 5.75 Å². The minimum absolute atomic E-state index is 0.230. The number of hydrogen-bond donors (Lipinski definition) is 2. The van der Waals surface area contributed by atoms with Gasteiger partial charge in [0.1, 0.15) is 5.75 Å². The van der Waals surface area contributed by atoms with Gasteiger partial charge in [0.15, 0.2) is 0 Å². The monoisotopic (exact) mass is 256 g/mol. The quantitative estimate of drug-likeness (QED) is 0.850. The van der Waals surface area contributed by atoms with Crippen LogP contribution in [-0.4, -0.2) is 19.2 Å². The van der Waals surface area contributed by atoms with Crippen molar-refractivity contribution in [1.82, 2.24) is 5.32 Å². The van der Waals surface area contributed by atoms with Crippen molar-refractivity contribution >= 4 is 23.3 Å². The van der Waals surface area contributed by atoms with Gasteiger partial charge in [0.05, 0.1) is 11.6 Å². The van der Waals surface area contributed by atoms with Gasteiger partial charge in [-0.15, -0.1) is 0 Å². The molecular weight excluding hydrogens is 240 g/mol. The van der Waals surface area contributed by atoms with Crippen molar-refractivity contribution < 1.29 is 9.53 Å². The second-order valence-corrected chi connectivity index (χ2v) is 3.87. The highest BCUT2D eigenvalue weighted by atomic mass is 35.5. The number of benzene rings is 1. The van der Waals surface area contributed by atoms with E-state index in [1.807, 2.05) is 13.8 Å². The molecule has 5 heteroatoms. The Morgan fingerprint density at radius 2 is 2.18 bits per heavy atom. The Morgan fingerprint density at radius 3 is 2.76 bits per heavy atom. The van der Waals surface area contributed by atoms with Gasteiger partial charge in [-0.1, -0.05) is 18.5 Å². The van der Waals surface area contributed by atoms with E-state index < -0.39 is 0 Å². The maximum Gasteiger partial charge on any atom is 0.319 e. The van der Waals surface area contributed by atoms with Crippen LogP contribution < -0.4 is 15.4 Å². The van der Waals surface area contributed by atoms with Crippen molar-refractivity contribution in [1.29, 1.82) is 0 Å². The second kappa shape index (κ2) is 7.01. The lowest BCUT2D eigenvalue weighted by molar-refractivity contribution is 0.252. The Kier molecular flexibility index (Phi) is 5.63. The zero-order valence-corrected chi connectivity index (χ0v) is 10.8. The Bertz CT molecular complexity index is 383. The molecule has 1 rings (SSSR count). The summed E-state index contributed by atoms with van der Waals surface area (Å²) in [5, 5.41) is 5.90. The van der Waals surface area contributed by atoms with Gasteiger partial charge < -0.3 is 15.4 Å². The SMILES string of the molecule is CCCNC(=O)Nc1ccc(OCC)c(Cl)c1. The van der Waals surface area contributed by atoms with Crippen molar-refractivity contribution in [3.8, 4) is 5.75 Å². The Hall–Kier alpha value is -1.42. The van der Waals surface area contributed by atoms with Crippen LogP contribution >= 0.6 is 11.6 Å². The molecule has 0 atom stereocenters. The summed E-state index contributed by atoms with van der Waals surface area (Å²) in [5.74, 6) is 0.619. The third kappa shape index (κ3) is 4.53. The smallest absolute Gasteiger partial charge is 0.319 e. The molecule has 0 saturated carbocycles. The van der Waals surface area contributed by atoms with E-state index in [1.54, 1.807) is 18.2 Å². The molecule has 0 spiro atoms. The van der Waals surface area contributed by atoms with Gasteiger partial charge in [0.2, 0.25) is 0 Å². The minimum atomic E-state index is -0.230. The number of nitrogens with one attached hydrogen (secondary N) is 2. The molecule has 0 unspecified atom stereocenters. The summed E-state index contributed by atoms with van der Waals surface area (Å²) in [7, 11) is 0. The second-order valence-electron chi connectivity index (χ2n) is 3.46. The average molecular weight is 257 g/mol. The van der Waals surface area contributed by atoms with E-state index in [9.17, 15) is 4.79 Å². The van der Waals surface area contributed by atoms with E-state index in [0.29, 0.717) is 29.6 Å². The number of halogens is 1. The molecule has 0 heterocycles. The van der Waals surface area contributed by atoms with Crippen LogP contribution in [0.3, 0.4) is 0 Å². The molecule has 0 saturated heterocycles. The van der Waals surface area contributed by atoms with Crippen LogP contribution in [0.2, 0.25) is 5.02 Å². The highest BCUT2D eigenvalue weighted by Crippen LogP contribution is 2.27. The van der Waals surface area contributed by atoms with Gasteiger partial charge in [0.25, 0.3) is 0 Å². The minimum Gasteiger partial charge on any atom is -0.492 e. The molecule has 0 aliphatic carbocycles. The summed E-state index contributed by atoms with van der Waals surface area (Å²) < 4.78 is 5.30. The van der Waals surface area contributed by atoms with Crippen molar-refractivity contribution in [2.75, 3.05) is 18.5 Å². The van der Waals surface area contributed by atoms with Gasteiger partial charge in [-0.3, -0.25) is 0 Å². The van der Waals surface area contributed by atoms with Crippen LogP contribution in [0.4, 0.5) is 10.5 Å². The first kappa shape index (κ1) is 13.6. The Balaban J connectivity index is 2.60. The van der Waals surface area contributed by atoms with Gasteiger partial charge in [-0.2, -0.15) is 0 Å². The predicted molar refractivity (Wildman–Crippen MR) is 69.9 cm³/mol. The van der Waals surface area contributed by atoms with Crippen LogP contribution in [0.25, 0.3) is 0 Å². The van der Waals surface area contributed by atoms with Crippen LogP contribution in [0.1, 0.15) is 20.3 Å². The molecule has 0 aliphatic rings. The van der Waals surface area contributed by atoms with Crippen LogP contribution in [0, 0.1) is 0 Å². The summed E-state index contributed by atoms with van der Waals surface area (Å²) in [4.78, 5) is 11.4. The van der Waals surface area contributed by atoms with Crippen molar-refractivity contribution in [2.24, 2.45) is 0 Å². The molecular formula is C12H17ClN2O2. The predicted octanol–water partition coefficient (Wildman–Crippen LogP) is 3.27. The summed E-state index contributed by atoms with van der Waals surface area (Å²) >= 11 is 6.00. The third-order valence-electron chi connectivity index (χ3n) is 2.03. The Morgan fingerprint density at radius 1 is 1.41 bits per heavy atom. The number of anilines is 1. The zero-order valence-electron chi connectivity index (χ0n) is 10.0. The fourth-order valence-electron chi connectivity index (χ4n) is 1.26. The van der Waals surface area contributed by atoms with Crippen molar-refractivity contribution in [2.45, 2.75) is 20.3 Å². The molecule has 0 aliphatic heterocycles. The first-order valence-corrected chi connectivity index (χ1v) is 6.02. The molecule has 94 valence electrons. The van der Waals surface area contributed by atoms with Gasteiger partial charge >= 0.3 is 6.03 Å². The van der Waals surface area contributed by atoms with E-state index in [4.69, 9.17) is 16.3 Å². The van der Waals surface area contributed by atoms with Crippen molar-refractivity contribution in [3.63, 3.8) is 0 Å². The van der Waals surface area contributed by atoms with Gasteiger partial charge in [0, 0.05) is 12.2 Å². The molecule has 0 fully saturated rings.